The van der Waals surface area contributed by atoms with Gasteiger partial charge in [0.05, 0.1) is 6.61 Å². The highest BCUT2D eigenvalue weighted by atomic mass is 19.1. The van der Waals surface area contributed by atoms with Crippen molar-refractivity contribution >= 4 is 11.6 Å². The number of nitrogens with one attached hydrogen (secondary N) is 2. The van der Waals surface area contributed by atoms with Gasteiger partial charge in [0.1, 0.15) is 17.3 Å². The SMILES string of the molecule is CN=C(NCc1ccc(OCC2CC2)nc1)NC1CCN(c2c(F)cccc2F)C1. The predicted octanol–water partition coefficient (Wildman–Crippen LogP) is 3.09. The number of hydrogen-bond acceptors (Lipinski definition) is 4. The Hall–Kier alpha value is -2.90. The molecule has 4 rings (SSSR count). The molecule has 160 valence electrons. The van der Waals surface area contributed by atoms with Gasteiger partial charge in [-0.25, -0.2) is 13.8 Å². The lowest BCUT2D eigenvalue weighted by Crippen LogP contribution is -2.44. The molecule has 2 aliphatic rings. The maximum absolute atomic E-state index is 14.0. The molecule has 2 heterocycles. The van der Waals surface area contributed by atoms with Gasteiger partial charge in [-0.15, -0.1) is 0 Å². The number of guanidine groups is 1. The van der Waals surface area contributed by atoms with E-state index in [9.17, 15) is 8.78 Å². The van der Waals surface area contributed by atoms with Crippen LogP contribution in [0.5, 0.6) is 5.88 Å². The first-order valence-corrected chi connectivity index (χ1v) is 10.4. The standard InChI is InChI=1S/C22H27F2N5O/c1-25-22(27-12-16-7-8-20(26-11-16)30-14-15-5-6-15)28-17-9-10-29(13-17)21-18(23)3-2-4-19(21)24/h2-4,7-8,11,15,17H,5-6,9-10,12-14H2,1H3,(H2,25,27,28). The number of ether oxygens (including phenoxy) is 1. The van der Waals surface area contributed by atoms with Crippen molar-refractivity contribution < 1.29 is 13.5 Å². The van der Waals surface area contributed by atoms with Gasteiger partial charge in [0, 0.05) is 45.0 Å². The van der Waals surface area contributed by atoms with Crippen LogP contribution < -0.4 is 20.3 Å². The van der Waals surface area contributed by atoms with E-state index in [1.54, 1.807) is 18.1 Å². The van der Waals surface area contributed by atoms with Gasteiger partial charge < -0.3 is 20.3 Å². The Morgan fingerprint density at radius 1 is 1.20 bits per heavy atom. The minimum atomic E-state index is -0.532. The van der Waals surface area contributed by atoms with E-state index in [-0.39, 0.29) is 11.7 Å². The molecule has 0 bridgehead atoms. The summed E-state index contributed by atoms with van der Waals surface area (Å²) in [4.78, 5) is 10.3. The zero-order valence-electron chi connectivity index (χ0n) is 17.1. The molecule has 30 heavy (non-hydrogen) atoms. The number of aliphatic imine (C=N–C) groups is 1. The van der Waals surface area contributed by atoms with Crippen molar-refractivity contribution in [1.82, 2.24) is 15.6 Å². The molecular weight excluding hydrogens is 388 g/mol. The summed E-state index contributed by atoms with van der Waals surface area (Å²) in [5, 5.41) is 6.59. The average molecular weight is 415 g/mol. The first kappa shape index (κ1) is 20.4. The zero-order valence-corrected chi connectivity index (χ0v) is 17.1. The minimum absolute atomic E-state index is 0.0415. The Kier molecular flexibility index (Phi) is 6.30. The first-order valence-electron chi connectivity index (χ1n) is 10.4. The Bertz CT molecular complexity index is 865. The number of para-hydroxylation sites is 1. The second-order valence-electron chi connectivity index (χ2n) is 7.83. The molecule has 1 aromatic carbocycles. The Labute approximate surface area is 175 Å². The number of anilines is 1. The van der Waals surface area contributed by atoms with E-state index in [4.69, 9.17) is 4.74 Å². The highest BCUT2D eigenvalue weighted by molar-refractivity contribution is 5.80. The highest BCUT2D eigenvalue weighted by Gasteiger charge is 2.27. The third-order valence-corrected chi connectivity index (χ3v) is 5.43. The monoisotopic (exact) mass is 415 g/mol. The molecule has 1 atom stereocenters. The van der Waals surface area contributed by atoms with Crippen LogP contribution in [-0.2, 0) is 6.54 Å². The second kappa shape index (κ2) is 9.28. The van der Waals surface area contributed by atoms with Gasteiger partial charge in [0.2, 0.25) is 5.88 Å². The van der Waals surface area contributed by atoms with Crippen LogP contribution in [0.1, 0.15) is 24.8 Å². The van der Waals surface area contributed by atoms with Gasteiger partial charge in [-0.3, -0.25) is 4.99 Å². The van der Waals surface area contributed by atoms with Gasteiger partial charge in [-0.1, -0.05) is 12.1 Å². The van der Waals surface area contributed by atoms with Crippen LogP contribution in [0.25, 0.3) is 0 Å². The van der Waals surface area contributed by atoms with Crippen LogP contribution in [-0.4, -0.2) is 43.7 Å². The van der Waals surface area contributed by atoms with Crippen LogP contribution in [0.15, 0.2) is 41.5 Å². The van der Waals surface area contributed by atoms with Crippen molar-refractivity contribution in [3.63, 3.8) is 0 Å². The average Bonchev–Trinajstić information content (AvgIpc) is 3.48. The molecular formula is C22H27F2N5O. The Morgan fingerprint density at radius 3 is 2.67 bits per heavy atom. The molecule has 2 N–H and O–H groups in total. The van der Waals surface area contributed by atoms with Gasteiger partial charge in [-0.2, -0.15) is 0 Å². The molecule has 0 radical (unpaired) electrons. The summed E-state index contributed by atoms with van der Waals surface area (Å²) in [6, 6.07) is 7.87. The predicted molar refractivity (Wildman–Crippen MR) is 113 cm³/mol. The lowest BCUT2D eigenvalue weighted by atomic mass is 10.2. The van der Waals surface area contributed by atoms with Crippen molar-refractivity contribution in [1.29, 1.82) is 0 Å². The zero-order chi connectivity index (χ0) is 20.9. The van der Waals surface area contributed by atoms with E-state index in [0.29, 0.717) is 37.4 Å². The summed E-state index contributed by atoms with van der Waals surface area (Å²) in [6.45, 7) is 2.40. The number of nitrogens with zero attached hydrogens (tertiary/aromatic N) is 3. The molecule has 1 aliphatic heterocycles. The van der Waals surface area contributed by atoms with Crippen molar-refractivity contribution in [3.05, 3.63) is 53.7 Å². The fourth-order valence-electron chi connectivity index (χ4n) is 3.53. The molecule has 2 fully saturated rings. The normalized spacial score (nSPS) is 19.1. The summed E-state index contributed by atoms with van der Waals surface area (Å²) in [6.07, 6.45) is 5.06. The van der Waals surface area contributed by atoms with Gasteiger partial charge >= 0.3 is 0 Å². The van der Waals surface area contributed by atoms with Gasteiger partial charge in [-0.05, 0) is 42.9 Å². The number of hydrogen-bond donors (Lipinski definition) is 2. The first-order chi connectivity index (χ1) is 14.6. The van der Waals surface area contributed by atoms with E-state index in [2.05, 4.69) is 20.6 Å². The molecule has 1 saturated heterocycles. The van der Waals surface area contributed by atoms with Crippen LogP contribution in [0.4, 0.5) is 14.5 Å². The van der Waals surface area contributed by atoms with Crippen LogP contribution >= 0.6 is 0 Å². The van der Waals surface area contributed by atoms with Crippen LogP contribution in [0.2, 0.25) is 0 Å². The number of pyridine rings is 1. The summed E-state index contributed by atoms with van der Waals surface area (Å²) in [7, 11) is 1.70. The van der Waals surface area contributed by atoms with Crippen molar-refractivity contribution in [3.8, 4) is 5.88 Å². The lowest BCUT2D eigenvalue weighted by Gasteiger charge is -2.21. The topological polar surface area (TPSA) is 61.8 Å². The molecule has 0 amide bonds. The highest BCUT2D eigenvalue weighted by Crippen LogP contribution is 2.29. The van der Waals surface area contributed by atoms with E-state index >= 15 is 0 Å². The third kappa shape index (κ3) is 5.17. The number of benzene rings is 1. The summed E-state index contributed by atoms with van der Waals surface area (Å²) in [5.74, 6) is 0.929. The molecule has 6 nitrogen and oxygen atoms in total. The van der Waals surface area contributed by atoms with Crippen LogP contribution in [0.3, 0.4) is 0 Å². The Morgan fingerprint density at radius 2 is 2.00 bits per heavy atom. The molecule has 1 aromatic heterocycles. The summed E-state index contributed by atoms with van der Waals surface area (Å²) in [5.41, 5.74) is 1.05. The summed E-state index contributed by atoms with van der Waals surface area (Å²) >= 11 is 0. The fraction of sp³-hybridized carbons (Fsp3) is 0.455. The van der Waals surface area contributed by atoms with Crippen LogP contribution in [0, 0.1) is 17.6 Å². The second-order valence-corrected chi connectivity index (χ2v) is 7.83. The fourth-order valence-corrected chi connectivity index (χ4v) is 3.53. The van der Waals surface area contributed by atoms with Gasteiger partial charge in [0.15, 0.2) is 5.96 Å². The minimum Gasteiger partial charge on any atom is -0.477 e. The smallest absolute Gasteiger partial charge is 0.213 e. The molecule has 8 heteroatoms. The van der Waals surface area contributed by atoms with E-state index in [1.165, 1.54) is 31.0 Å². The van der Waals surface area contributed by atoms with E-state index in [0.717, 1.165) is 18.6 Å². The quantitative estimate of drug-likeness (QED) is 0.538. The lowest BCUT2D eigenvalue weighted by molar-refractivity contribution is 0.288. The van der Waals surface area contributed by atoms with Crippen molar-refractivity contribution in [2.24, 2.45) is 10.9 Å². The molecule has 0 spiro atoms. The molecule has 1 aliphatic carbocycles. The molecule has 1 unspecified atom stereocenters. The largest absolute Gasteiger partial charge is 0.477 e. The number of halogens is 2. The molecule has 2 aromatic rings. The van der Waals surface area contributed by atoms with E-state index < -0.39 is 11.6 Å². The summed E-state index contributed by atoms with van der Waals surface area (Å²) < 4.78 is 33.7. The van der Waals surface area contributed by atoms with Crippen molar-refractivity contribution in [2.75, 3.05) is 31.6 Å². The maximum atomic E-state index is 14.0. The molecule has 1 saturated carbocycles. The van der Waals surface area contributed by atoms with Crippen molar-refractivity contribution in [2.45, 2.75) is 31.8 Å². The number of aromatic nitrogens is 1. The third-order valence-electron chi connectivity index (χ3n) is 5.43. The van der Waals surface area contributed by atoms with Gasteiger partial charge in [0.25, 0.3) is 0 Å². The Balaban J connectivity index is 1.26. The maximum Gasteiger partial charge on any atom is 0.213 e. The van der Waals surface area contributed by atoms with E-state index in [1.807, 2.05) is 12.1 Å². The number of rotatable bonds is 7.